The highest BCUT2D eigenvalue weighted by molar-refractivity contribution is 14.1. The Kier molecular flexibility index (Phi) is 3.01. The number of halogens is 1. The van der Waals surface area contributed by atoms with Crippen molar-refractivity contribution in [2.24, 2.45) is 5.73 Å². The van der Waals surface area contributed by atoms with Crippen LogP contribution in [-0.4, -0.2) is 10.2 Å². The molecule has 2 aromatic rings. The molecule has 15 heavy (non-hydrogen) atoms. The Morgan fingerprint density at radius 1 is 1.33 bits per heavy atom. The van der Waals surface area contributed by atoms with E-state index >= 15 is 0 Å². The molecule has 1 aromatic carbocycles. The molecule has 0 amide bonds. The first-order chi connectivity index (χ1) is 7.18. The molecule has 0 saturated heterocycles. The molecule has 5 heteroatoms. The van der Waals surface area contributed by atoms with Crippen molar-refractivity contribution in [1.82, 2.24) is 10.2 Å². The Morgan fingerprint density at radius 3 is 2.67 bits per heavy atom. The lowest BCUT2D eigenvalue weighted by atomic mass is 10.2. The van der Waals surface area contributed by atoms with Gasteiger partial charge in [-0.1, -0.05) is 12.1 Å². The first-order valence-corrected chi connectivity index (χ1v) is 5.60. The van der Waals surface area contributed by atoms with Gasteiger partial charge in [0.2, 0.25) is 11.8 Å². The molecule has 0 fully saturated rings. The fraction of sp³-hybridized carbons (Fsp3) is 0.200. The van der Waals surface area contributed by atoms with Crippen LogP contribution in [0.5, 0.6) is 0 Å². The molecule has 0 aliphatic heterocycles. The number of hydrogen-bond acceptors (Lipinski definition) is 4. The van der Waals surface area contributed by atoms with Gasteiger partial charge in [0.25, 0.3) is 0 Å². The van der Waals surface area contributed by atoms with E-state index in [0.29, 0.717) is 11.8 Å². The zero-order valence-electron chi connectivity index (χ0n) is 8.14. The van der Waals surface area contributed by atoms with Crippen molar-refractivity contribution >= 4 is 22.6 Å². The van der Waals surface area contributed by atoms with Gasteiger partial charge in [-0.25, -0.2) is 0 Å². The molecule has 0 radical (unpaired) electrons. The molecule has 1 atom stereocenters. The summed E-state index contributed by atoms with van der Waals surface area (Å²) in [6.45, 7) is 1.81. The summed E-state index contributed by atoms with van der Waals surface area (Å²) in [4.78, 5) is 0. The van der Waals surface area contributed by atoms with Crippen molar-refractivity contribution in [2.45, 2.75) is 13.0 Å². The number of rotatable bonds is 2. The summed E-state index contributed by atoms with van der Waals surface area (Å²) in [5, 5.41) is 7.86. The molecule has 0 spiro atoms. The fourth-order valence-electron chi connectivity index (χ4n) is 1.16. The molecule has 1 unspecified atom stereocenters. The Morgan fingerprint density at radius 2 is 2.07 bits per heavy atom. The van der Waals surface area contributed by atoms with Crippen LogP contribution in [0.3, 0.4) is 0 Å². The smallest absolute Gasteiger partial charge is 0.248 e. The number of nitrogens with two attached hydrogens (primary N) is 1. The van der Waals surface area contributed by atoms with Crippen LogP contribution < -0.4 is 5.73 Å². The summed E-state index contributed by atoms with van der Waals surface area (Å²) in [6, 6.07) is 7.61. The van der Waals surface area contributed by atoms with E-state index in [4.69, 9.17) is 10.2 Å². The van der Waals surface area contributed by atoms with Crippen molar-refractivity contribution in [1.29, 1.82) is 0 Å². The molecular formula is C10H10IN3O. The van der Waals surface area contributed by atoms with Gasteiger partial charge < -0.3 is 10.2 Å². The SMILES string of the molecule is CC(N)c1nnc(-c2ccccc2I)o1. The van der Waals surface area contributed by atoms with Crippen molar-refractivity contribution in [3.8, 4) is 11.5 Å². The highest BCUT2D eigenvalue weighted by Crippen LogP contribution is 2.24. The van der Waals surface area contributed by atoms with Gasteiger partial charge in [0, 0.05) is 3.57 Å². The third-order valence-electron chi connectivity index (χ3n) is 1.93. The first kappa shape index (κ1) is 10.6. The van der Waals surface area contributed by atoms with Crippen LogP contribution >= 0.6 is 22.6 Å². The summed E-state index contributed by atoms with van der Waals surface area (Å²) in [5.74, 6) is 0.983. The van der Waals surface area contributed by atoms with Gasteiger partial charge in [-0.2, -0.15) is 0 Å². The van der Waals surface area contributed by atoms with E-state index < -0.39 is 0 Å². The first-order valence-electron chi connectivity index (χ1n) is 4.52. The van der Waals surface area contributed by atoms with Gasteiger partial charge in [-0.15, -0.1) is 10.2 Å². The Labute approximate surface area is 101 Å². The molecule has 2 rings (SSSR count). The van der Waals surface area contributed by atoms with Crippen molar-refractivity contribution in [3.63, 3.8) is 0 Å². The molecule has 1 aromatic heterocycles. The molecule has 2 N–H and O–H groups in total. The third kappa shape index (κ3) is 2.18. The summed E-state index contributed by atoms with van der Waals surface area (Å²) < 4.78 is 6.54. The fourth-order valence-corrected chi connectivity index (χ4v) is 1.78. The topological polar surface area (TPSA) is 64.9 Å². The van der Waals surface area contributed by atoms with E-state index in [0.717, 1.165) is 9.13 Å². The Hall–Kier alpha value is -0.950. The maximum atomic E-state index is 5.65. The summed E-state index contributed by atoms with van der Waals surface area (Å²) in [7, 11) is 0. The largest absolute Gasteiger partial charge is 0.419 e. The van der Waals surface area contributed by atoms with Crippen LogP contribution in [0.1, 0.15) is 18.9 Å². The third-order valence-corrected chi connectivity index (χ3v) is 2.88. The molecule has 0 aliphatic rings. The molecule has 78 valence electrons. The number of hydrogen-bond donors (Lipinski definition) is 1. The second kappa shape index (κ2) is 4.28. The van der Waals surface area contributed by atoms with E-state index in [1.54, 1.807) is 0 Å². The van der Waals surface area contributed by atoms with Gasteiger partial charge >= 0.3 is 0 Å². The van der Waals surface area contributed by atoms with Gasteiger partial charge in [0.15, 0.2) is 0 Å². The minimum atomic E-state index is -0.229. The second-order valence-corrected chi connectivity index (χ2v) is 4.38. The summed E-state index contributed by atoms with van der Waals surface area (Å²) >= 11 is 2.23. The van der Waals surface area contributed by atoms with E-state index in [1.807, 2.05) is 31.2 Å². The number of nitrogens with zero attached hydrogens (tertiary/aromatic N) is 2. The number of benzene rings is 1. The molecular weight excluding hydrogens is 305 g/mol. The molecule has 0 bridgehead atoms. The van der Waals surface area contributed by atoms with Crippen molar-refractivity contribution < 1.29 is 4.42 Å². The van der Waals surface area contributed by atoms with E-state index in [9.17, 15) is 0 Å². The average molecular weight is 315 g/mol. The summed E-state index contributed by atoms with van der Waals surface area (Å²) in [6.07, 6.45) is 0. The summed E-state index contributed by atoms with van der Waals surface area (Å²) in [5.41, 5.74) is 6.59. The van der Waals surface area contributed by atoms with Gasteiger partial charge in [0.05, 0.1) is 11.6 Å². The predicted molar refractivity (Wildman–Crippen MR) is 65.1 cm³/mol. The van der Waals surface area contributed by atoms with Crippen molar-refractivity contribution in [3.05, 3.63) is 33.7 Å². The lowest BCUT2D eigenvalue weighted by Gasteiger charge is -1.98. The highest BCUT2D eigenvalue weighted by Gasteiger charge is 2.12. The average Bonchev–Trinajstić information content (AvgIpc) is 2.67. The maximum Gasteiger partial charge on any atom is 0.248 e. The maximum absolute atomic E-state index is 5.65. The van der Waals surface area contributed by atoms with E-state index in [1.165, 1.54) is 0 Å². The zero-order chi connectivity index (χ0) is 10.8. The quantitative estimate of drug-likeness (QED) is 0.864. The van der Waals surface area contributed by atoms with E-state index in [-0.39, 0.29) is 6.04 Å². The van der Waals surface area contributed by atoms with Crippen LogP contribution in [0, 0.1) is 3.57 Å². The Bertz CT molecular complexity index is 467. The monoisotopic (exact) mass is 315 g/mol. The Balaban J connectivity index is 2.42. The lowest BCUT2D eigenvalue weighted by molar-refractivity contribution is 0.473. The lowest BCUT2D eigenvalue weighted by Crippen LogP contribution is -2.04. The van der Waals surface area contributed by atoms with Crippen LogP contribution in [0.2, 0.25) is 0 Å². The molecule has 4 nitrogen and oxygen atoms in total. The van der Waals surface area contributed by atoms with Crippen LogP contribution in [-0.2, 0) is 0 Å². The molecule has 0 saturated carbocycles. The minimum Gasteiger partial charge on any atom is -0.419 e. The zero-order valence-corrected chi connectivity index (χ0v) is 10.3. The normalized spacial score (nSPS) is 12.7. The molecule has 0 aliphatic carbocycles. The highest BCUT2D eigenvalue weighted by atomic mass is 127. The van der Waals surface area contributed by atoms with Crippen LogP contribution in [0.25, 0.3) is 11.5 Å². The van der Waals surface area contributed by atoms with Crippen LogP contribution in [0.4, 0.5) is 0 Å². The van der Waals surface area contributed by atoms with E-state index in [2.05, 4.69) is 32.8 Å². The van der Waals surface area contributed by atoms with Crippen LogP contribution in [0.15, 0.2) is 28.7 Å². The minimum absolute atomic E-state index is 0.229. The number of aromatic nitrogens is 2. The predicted octanol–water partition coefficient (Wildman–Crippen LogP) is 2.36. The van der Waals surface area contributed by atoms with Gasteiger partial charge in [-0.05, 0) is 41.6 Å². The van der Waals surface area contributed by atoms with Gasteiger partial charge in [-0.3, -0.25) is 0 Å². The van der Waals surface area contributed by atoms with Crippen molar-refractivity contribution in [2.75, 3.05) is 0 Å². The standard InChI is InChI=1S/C10H10IN3O/c1-6(12)9-13-14-10(15-9)7-4-2-3-5-8(7)11/h2-6H,12H2,1H3. The van der Waals surface area contributed by atoms with Gasteiger partial charge in [0.1, 0.15) is 0 Å². The molecule has 1 heterocycles. The second-order valence-electron chi connectivity index (χ2n) is 3.21.